The third-order valence-electron chi connectivity index (χ3n) is 7.64. The molecule has 0 radical (unpaired) electrons. The molecular formula is C34H45N3O3S. The van der Waals surface area contributed by atoms with Crippen LogP contribution >= 0.6 is 0 Å². The highest BCUT2D eigenvalue weighted by molar-refractivity contribution is 7.89. The van der Waals surface area contributed by atoms with Gasteiger partial charge in [-0.1, -0.05) is 41.5 Å². The first-order valence-electron chi connectivity index (χ1n) is 14.3. The number of ether oxygens (including phenoxy) is 1. The second-order valence-corrected chi connectivity index (χ2v) is 14.0. The summed E-state index contributed by atoms with van der Waals surface area (Å²) >= 11 is 0. The SMILES string of the molecule is Cc1cc(C)c(N2CCN(c3c(C)cc(C)cc3C)C2/C=C/c2cc(S(=O)(=O)N(C)C)ccc2OC(C)C)c(C)c1. The predicted molar refractivity (Wildman–Crippen MR) is 172 cm³/mol. The van der Waals surface area contributed by atoms with Crippen molar-refractivity contribution in [2.45, 2.75) is 72.6 Å². The summed E-state index contributed by atoms with van der Waals surface area (Å²) in [5.74, 6) is 0.662. The monoisotopic (exact) mass is 575 g/mol. The van der Waals surface area contributed by atoms with E-state index in [0.717, 1.165) is 18.7 Å². The van der Waals surface area contributed by atoms with E-state index < -0.39 is 10.0 Å². The topological polar surface area (TPSA) is 53.1 Å². The first-order valence-corrected chi connectivity index (χ1v) is 15.7. The van der Waals surface area contributed by atoms with Crippen LogP contribution in [0.2, 0.25) is 0 Å². The molecule has 7 heteroatoms. The molecule has 1 aliphatic heterocycles. The molecule has 0 amide bonds. The highest BCUT2D eigenvalue weighted by atomic mass is 32.2. The van der Waals surface area contributed by atoms with Gasteiger partial charge < -0.3 is 14.5 Å². The molecule has 0 unspecified atom stereocenters. The molecule has 41 heavy (non-hydrogen) atoms. The molecule has 3 aromatic carbocycles. The van der Waals surface area contributed by atoms with Crippen molar-refractivity contribution < 1.29 is 13.2 Å². The second-order valence-electron chi connectivity index (χ2n) is 11.8. The van der Waals surface area contributed by atoms with E-state index >= 15 is 0 Å². The lowest BCUT2D eigenvalue weighted by atomic mass is 10.0. The molecule has 220 valence electrons. The normalized spacial score (nSPS) is 14.7. The summed E-state index contributed by atoms with van der Waals surface area (Å²) in [7, 11) is -0.494. The number of aryl methyl sites for hydroxylation is 6. The van der Waals surface area contributed by atoms with Crippen LogP contribution in [0.5, 0.6) is 5.75 Å². The van der Waals surface area contributed by atoms with Crippen molar-refractivity contribution in [1.82, 2.24) is 4.31 Å². The fourth-order valence-electron chi connectivity index (χ4n) is 6.17. The van der Waals surface area contributed by atoms with Crippen LogP contribution in [0.25, 0.3) is 6.08 Å². The minimum absolute atomic E-state index is 0.0475. The van der Waals surface area contributed by atoms with Crippen LogP contribution in [0, 0.1) is 41.5 Å². The third-order valence-corrected chi connectivity index (χ3v) is 9.45. The largest absolute Gasteiger partial charge is 0.490 e. The third kappa shape index (κ3) is 6.31. The molecule has 0 aliphatic carbocycles. The van der Waals surface area contributed by atoms with E-state index in [2.05, 4.69) is 81.7 Å². The van der Waals surface area contributed by atoms with Gasteiger partial charge in [0.2, 0.25) is 10.0 Å². The van der Waals surface area contributed by atoms with Gasteiger partial charge in [-0.3, -0.25) is 0 Å². The maximum Gasteiger partial charge on any atom is 0.242 e. The highest BCUT2D eigenvalue weighted by Crippen LogP contribution is 2.37. The zero-order valence-corrected chi connectivity index (χ0v) is 27.1. The van der Waals surface area contributed by atoms with Gasteiger partial charge in [-0.05, 0) is 102 Å². The fourth-order valence-corrected chi connectivity index (χ4v) is 7.11. The van der Waals surface area contributed by atoms with Crippen LogP contribution in [-0.2, 0) is 10.0 Å². The van der Waals surface area contributed by atoms with Crippen molar-refractivity contribution in [2.75, 3.05) is 37.0 Å². The van der Waals surface area contributed by atoms with E-state index in [1.165, 1.54) is 49.1 Å². The van der Waals surface area contributed by atoms with Gasteiger partial charge in [0, 0.05) is 44.1 Å². The minimum Gasteiger partial charge on any atom is -0.490 e. The molecule has 0 spiro atoms. The second kappa shape index (κ2) is 11.9. The average molecular weight is 576 g/mol. The van der Waals surface area contributed by atoms with Gasteiger partial charge in [-0.2, -0.15) is 0 Å². The lowest BCUT2D eigenvalue weighted by molar-refractivity contribution is 0.241. The maximum absolute atomic E-state index is 13.0. The van der Waals surface area contributed by atoms with Crippen molar-refractivity contribution in [3.8, 4) is 5.75 Å². The molecule has 1 aliphatic rings. The summed E-state index contributed by atoms with van der Waals surface area (Å²) in [4.78, 5) is 5.19. The Morgan fingerprint density at radius 1 is 0.805 bits per heavy atom. The van der Waals surface area contributed by atoms with Crippen molar-refractivity contribution in [1.29, 1.82) is 0 Å². The van der Waals surface area contributed by atoms with Crippen molar-refractivity contribution in [3.05, 3.63) is 87.5 Å². The summed E-state index contributed by atoms with van der Waals surface area (Å²) in [5.41, 5.74) is 10.8. The van der Waals surface area contributed by atoms with Gasteiger partial charge >= 0.3 is 0 Å². The van der Waals surface area contributed by atoms with E-state index in [4.69, 9.17) is 4.74 Å². The van der Waals surface area contributed by atoms with Gasteiger partial charge in [-0.25, -0.2) is 12.7 Å². The first kappa shape index (κ1) is 30.7. The summed E-state index contributed by atoms with van der Waals surface area (Å²) in [6.45, 7) is 18.7. The number of sulfonamides is 1. The van der Waals surface area contributed by atoms with E-state index in [1.54, 1.807) is 32.3 Å². The Hall–Kier alpha value is -3.29. The lowest BCUT2D eigenvalue weighted by Gasteiger charge is -2.34. The zero-order valence-electron chi connectivity index (χ0n) is 26.2. The molecule has 0 aromatic heterocycles. The van der Waals surface area contributed by atoms with Crippen LogP contribution in [0.15, 0.2) is 53.4 Å². The summed E-state index contributed by atoms with van der Waals surface area (Å²) < 4.78 is 33.4. The molecule has 0 saturated carbocycles. The summed E-state index contributed by atoms with van der Waals surface area (Å²) in [6.07, 6.45) is 4.10. The summed E-state index contributed by atoms with van der Waals surface area (Å²) in [6, 6.07) is 14.1. The molecule has 3 aromatic rings. The number of hydrogen-bond acceptors (Lipinski definition) is 5. The lowest BCUT2D eigenvalue weighted by Crippen LogP contribution is -2.38. The van der Waals surface area contributed by atoms with Crippen LogP contribution in [-0.4, -0.2) is 52.2 Å². The fraction of sp³-hybridized carbons (Fsp3) is 0.412. The Morgan fingerprint density at radius 2 is 1.27 bits per heavy atom. The Kier molecular flexibility index (Phi) is 8.90. The van der Waals surface area contributed by atoms with Crippen molar-refractivity contribution >= 4 is 27.5 Å². The average Bonchev–Trinajstić information content (AvgIpc) is 3.24. The minimum atomic E-state index is -3.60. The predicted octanol–water partition coefficient (Wildman–Crippen LogP) is 6.94. The number of nitrogens with zero attached hydrogens (tertiary/aromatic N) is 3. The Labute approximate surface area is 247 Å². The van der Waals surface area contributed by atoms with Crippen LogP contribution in [0.1, 0.15) is 52.8 Å². The molecular weight excluding hydrogens is 530 g/mol. The molecule has 1 saturated heterocycles. The van der Waals surface area contributed by atoms with E-state index in [0.29, 0.717) is 5.75 Å². The Balaban J connectivity index is 1.88. The van der Waals surface area contributed by atoms with E-state index in [-0.39, 0.29) is 17.2 Å². The Morgan fingerprint density at radius 3 is 1.68 bits per heavy atom. The van der Waals surface area contributed by atoms with Gasteiger partial charge in [0.1, 0.15) is 11.9 Å². The molecule has 6 nitrogen and oxygen atoms in total. The first-order chi connectivity index (χ1) is 19.2. The molecule has 1 heterocycles. The number of benzene rings is 3. The van der Waals surface area contributed by atoms with Crippen LogP contribution in [0.4, 0.5) is 11.4 Å². The smallest absolute Gasteiger partial charge is 0.242 e. The van der Waals surface area contributed by atoms with Gasteiger partial charge in [0.15, 0.2) is 0 Å². The molecule has 0 N–H and O–H groups in total. The highest BCUT2D eigenvalue weighted by Gasteiger charge is 2.33. The zero-order chi connectivity index (χ0) is 30.2. The van der Waals surface area contributed by atoms with Crippen molar-refractivity contribution in [2.24, 2.45) is 0 Å². The van der Waals surface area contributed by atoms with Crippen LogP contribution < -0.4 is 14.5 Å². The molecule has 0 atom stereocenters. The number of rotatable bonds is 8. The van der Waals surface area contributed by atoms with E-state index in [1.807, 2.05) is 19.9 Å². The molecule has 4 rings (SSSR count). The van der Waals surface area contributed by atoms with E-state index in [9.17, 15) is 8.42 Å². The van der Waals surface area contributed by atoms with Crippen LogP contribution in [0.3, 0.4) is 0 Å². The van der Waals surface area contributed by atoms with Gasteiger partial charge in [0.05, 0.1) is 11.0 Å². The molecule has 0 bridgehead atoms. The van der Waals surface area contributed by atoms with Crippen molar-refractivity contribution in [3.63, 3.8) is 0 Å². The number of anilines is 2. The number of hydrogen-bond donors (Lipinski definition) is 0. The van der Waals surface area contributed by atoms with Gasteiger partial charge in [-0.15, -0.1) is 0 Å². The van der Waals surface area contributed by atoms with Gasteiger partial charge in [0.25, 0.3) is 0 Å². The maximum atomic E-state index is 13.0. The molecule has 1 fully saturated rings. The quantitative estimate of drug-likeness (QED) is 0.291. The summed E-state index contributed by atoms with van der Waals surface area (Å²) in [5, 5.41) is 0. The Bertz CT molecular complexity index is 1460. The standard InChI is InChI=1S/C34H45N3O3S/c1-22(2)40-31-13-12-30(41(38,39)35(9)10)21-29(31)11-14-32-36(33-25(5)17-23(3)18-26(33)6)15-16-37(32)34-27(7)19-24(4)20-28(34)8/h11-14,17-22,32H,15-16H2,1-10H3/b14-11+.